The minimum absolute atomic E-state index is 0.0896. The molecule has 8 nitrogen and oxygen atoms in total. The van der Waals surface area contributed by atoms with Gasteiger partial charge in [0, 0.05) is 72.3 Å². The number of benzene rings is 1. The Kier molecular flexibility index (Phi) is 7.27. The molecular formula is C28H27F2N7OS. The number of rotatable bonds is 8. The van der Waals surface area contributed by atoms with Crippen LogP contribution in [-0.4, -0.2) is 68.4 Å². The molecule has 0 spiro atoms. The van der Waals surface area contributed by atoms with Crippen molar-refractivity contribution in [2.75, 3.05) is 43.8 Å². The molecule has 1 aliphatic rings. The molecule has 0 atom stereocenters. The average molecular weight is 548 g/mol. The molecule has 11 heteroatoms. The highest BCUT2D eigenvalue weighted by atomic mass is 32.2. The Morgan fingerprint density at radius 3 is 2.56 bits per heavy atom. The van der Waals surface area contributed by atoms with Crippen molar-refractivity contribution < 1.29 is 13.5 Å². The number of hydrogen-bond donors (Lipinski definition) is 1. The zero-order chi connectivity index (χ0) is 26.8. The third kappa shape index (κ3) is 5.51. The maximum absolute atomic E-state index is 14.6. The lowest BCUT2D eigenvalue weighted by molar-refractivity contribution is 0.0360. The van der Waals surface area contributed by atoms with Gasteiger partial charge in [-0.25, -0.2) is 13.3 Å². The van der Waals surface area contributed by atoms with Crippen LogP contribution in [0.1, 0.15) is 0 Å². The molecule has 0 amide bonds. The van der Waals surface area contributed by atoms with Crippen LogP contribution < -0.4 is 4.72 Å². The minimum atomic E-state index is -0.712. The number of pyridine rings is 2. The molecule has 0 saturated carbocycles. The predicted octanol–water partition coefficient (Wildman–Crippen LogP) is 5.23. The van der Waals surface area contributed by atoms with Gasteiger partial charge in [0.1, 0.15) is 11.5 Å². The summed E-state index contributed by atoms with van der Waals surface area (Å²) < 4.78 is 40.5. The fourth-order valence-electron chi connectivity index (χ4n) is 4.80. The molecule has 4 aromatic heterocycles. The largest absolute Gasteiger partial charge is 0.379 e. The number of nitrogens with zero attached hydrogens (tertiary/aromatic N) is 6. The summed E-state index contributed by atoms with van der Waals surface area (Å²) >= 11 is 1.43. The summed E-state index contributed by atoms with van der Waals surface area (Å²) in [6, 6.07) is 10.5. The Bertz CT molecular complexity index is 1610. The van der Waals surface area contributed by atoms with Crippen molar-refractivity contribution in [1.29, 1.82) is 0 Å². The van der Waals surface area contributed by atoms with Crippen LogP contribution in [0.4, 0.5) is 14.5 Å². The highest BCUT2D eigenvalue weighted by molar-refractivity contribution is 7.99. The molecule has 1 saturated heterocycles. The first-order valence-corrected chi connectivity index (χ1v) is 13.9. The molecule has 1 aliphatic heterocycles. The molecule has 1 fully saturated rings. The second kappa shape index (κ2) is 11.1. The minimum Gasteiger partial charge on any atom is -0.379 e. The van der Waals surface area contributed by atoms with Crippen molar-refractivity contribution in [3.63, 3.8) is 0 Å². The number of hydrogen-bond acceptors (Lipinski definition) is 7. The number of morpholine rings is 1. The van der Waals surface area contributed by atoms with Gasteiger partial charge in [0.25, 0.3) is 0 Å². The molecule has 1 aromatic carbocycles. The molecule has 5 aromatic rings. The van der Waals surface area contributed by atoms with Crippen molar-refractivity contribution in [2.24, 2.45) is 0 Å². The van der Waals surface area contributed by atoms with E-state index in [1.54, 1.807) is 12.3 Å². The first-order valence-electron chi connectivity index (χ1n) is 12.6. The van der Waals surface area contributed by atoms with Gasteiger partial charge in [-0.3, -0.25) is 14.6 Å². The first kappa shape index (κ1) is 25.5. The second-order valence-corrected chi connectivity index (χ2v) is 9.95. The zero-order valence-electron chi connectivity index (χ0n) is 21.3. The number of nitrogens with one attached hydrogen (secondary N) is 1. The van der Waals surface area contributed by atoms with Gasteiger partial charge in [-0.05, 0) is 29.8 Å². The van der Waals surface area contributed by atoms with E-state index >= 15 is 0 Å². The van der Waals surface area contributed by atoms with Crippen molar-refractivity contribution in [2.45, 2.75) is 6.54 Å². The summed E-state index contributed by atoms with van der Waals surface area (Å²) in [5, 5.41) is 9.15. The monoisotopic (exact) mass is 547 g/mol. The van der Waals surface area contributed by atoms with Crippen molar-refractivity contribution in [3.05, 3.63) is 79.0 Å². The van der Waals surface area contributed by atoms with E-state index in [9.17, 15) is 8.78 Å². The fourth-order valence-corrected chi connectivity index (χ4v) is 5.16. The maximum Gasteiger partial charge on any atom is 0.152 e. The van der Waals surface area contributed by atoms with Crippen LogP contribution in [0.15, 0.2) is 67.4 Å². The number of halogens is 2. The first-order chi connectivity index (χ1) is 19.1. The molecule has 1 N–H and O–H groups in total. The van der Waals surface area contributed by atoms with Crippen LogP contribution in [0.3, 0.4) is 0 Å². The van der Waals surface area contributed by atoms with Crippen molar-refractivity contribution in [1.82, 2.24) is 29.3 Å². The average Bonchev–Trinajstić information content (AvgIpc) is 3.59. The van der Waals surface area contributed by atoms with E-state index in [1.807, 2.05) is 46.0 Å². The molecule has 0 aliphatic carbocycles. The number of ether oxygens (including phenoxy) is 1. The lowest BCUT2D eigenvalue weighted by Crippen LogP contribution is -2.38. The summed E-state index contributed by atoms with van der Waals surface area (Å²) in [6.07, 6.45) is 10.6. The van der Waals surface area contributed by atoms with E-state index in [0.29, 0.717) is 5.56 Å². The van der Waals surface area contributed by atoms with Gasteiger partial charge in [0.15, 0.2) is 5.82 Å². The van der Waals surface area contributed by atoms with E-state index in [-0.39, 0.29) is 5.69 Å². The van der Waals surface area contributed by atoms with E-state index in [2.05, 4.69) is 37.1 Å². The number of anilines is 1. The normalized spacial score (nSPS) is 14.2. The highest BCUT2D eigenvalue weighted by Gasteiger charge is 2.15. The van der Waals surface area contributed by atoms with Gasteiger partial charge < -0.3 is 9.46 Å². The van der Waals surface area contributed by atoms with Crippen LogP contribution in [0, 0.1) is 11.6 Å². The molecule has 0 radical (unpaired) electrons. The van der Waals surface area contributed by atoms with Gasteiger partial charge in [-0.1, -0.05) is 18.0 Å². The standard InChI is InChI=1S/C28H27F2N7OS/c1-39-34-24-11-20(10-21(12-24)28-26(30)13-23(29)15-31-28)25-16-33-37-18-19(2-3-27(25)37)22-14-32-36(17-22)5-4-35-6-8-38-9-7-35/h2-3,10-18,34H,4-9H2,1H3. The quantitative estimate of drug-likeness (QED) is 0.267. The summed E-state index contributed by atoms with van der Waals surface area (Å²) in [5.41, 5.74) is 6.06. The maximum atomic E-state index is 14.6. The Balaban J connectivity index is 1.28. The second-order valence-electron chi connectivity index (χ2n) is 9.34. The molecule has 6 rings (SSSR count). The van der Waals surface area contributed by atoms with Crippen molar-refractivity contribution in [3.8, 4) is 33.5 Å². The lowest BCUT2D eigenvalue weighted by atomic mass is 10.0. The van der Waals surface area contributed by atoms with Crippen LogP contribution in [-0.2, 0) is 11.3 Å². The highest BCUT2D eigenvalue weighted by Crippen LogP contribution is 2.34. The Morgan fingerprint density at radius 1 is 0.897 bits per heavy atom. The van der Waals surface area contributed by atoms with E-state index in [1.165, 1.54) is 11.9 Å². The molecule has 200 valence electrons. The molecule has 0 unspecified atom stereocenters. The van der Waals surface area contributed by atoms with Crippen LogP contribution in [0.5, 0.6) is 0 Å². The van der Waals surface area contributed by atoms with Gasteiger partial charge in [-0.15, -0.1) is 0 Å². The predicted molar refractivity (Wildman–Crippen MR) is 149 cm³/mol. The van der Waals surface area contributed by atoms with Gasteiger partial charge in [0.2, 0.25) is 0 Å². The number of aromatic nitrogens is 5. The number of fused-ring (bicyclic) bond motifs is 1. The van der Waals surface area contributed by atoms with Crippen LogP contribution in [0.2, 0.25) is 0 Å². The van der Waals surface area contributed by atoms with E-state index in [0.717, 1.165) is 85.1 Å². The Morgan fingerprint density at radius 2 is 1.74 bits per heavy atom. The summed E-state index contributed by atoms with van der Waals surface area (Å²) in [4.78, 5) is 6.39. The molecular weight excluding hydrogens is 520 g/mol. The molecule has 39 heavy (non-hydrogen) atoms. The summed E-state index contributed by atoms with van der Waals surface area (Å²) in [7, 11) is 0. The van der Waals surface area contributed by atoms with E-state index in [4.69, 9.17) is 4.74 Å². The summed E-state index contributed by atoms with van der Waals surface area (Å²) in [6.45, 7) is 5.25. The Labute approximate surface area is 228 Å². The molecule has 0 bridgehead atoms. The lowest BCUT2D eigenvalue weighted by Gasteiger charge is -2.26. The molecule has 5 heterocycles. The van der Waals surface area contributed by atoms with E-state index < -0.39 is 11.6 Å². The van der Waals surface area contributed by atoms with Crippen LogP contribution in [0.25, 0.3) is 39.0 Å². The third-order valence-corrected chi connectivity index (χ3v) is 7.22. The van der Waals surface area contributed by atoms with Gasteiger partial charge in [-0.2, -0.15) is 10.2 Å². The van der Waals surface area contributed by atoms with Crippen molar-refractivity contribution >= 4 is 23.2 Å². The summed E-state index contributed by atoms with van der Waals surface area (Å²) in [5.74, 6) is -1.42. The Hall–Kier alpha value is -3.80. The zero-order valence-corrected chi connectivity index (χ0v) is 22.2. The fraction of sp³-hybridized carbons (Fsp3) is 0.250. The SMILES string of the molecule is CSNc1cc(-c2ncc(F)cc2F)cc(-c2cnn3cc(-c4cnn(CCN5CCOCC5)c4)ccc23)c1. The van der Waals surface area contributed by atoms with Gasteiger partial charge >= 0.3 is 0 Å². The third-order valence-electron chi connectivity index (χ3n) is 6.78. The van der Waals surface area contributed by atoms with Crippen LogP contribution >= 0.6 is 11.9 Å². The van der Waals surface area contributed by atoms with Gasteiger partial charge in [0.05, 0.1) is 43.9 Å². The smallest absolute Gasteiger partial charge is 0.152 e. The topological polar surface area (TPSA) is 72.5 Å².